The molecule has 1 aromatic carbocycles. The van der Waals surface area contributed by atoms with Gasteiger partial charge in [-0.15, -0.1) is 0 Å². The molecular formula is C25H33N5O5. The third-order valence-electron chi connectivity index (χ3n) is 8.25. The molecule has 0 radical (unpaired) electrons. The van der Waals surface area contributed by atoms with Gasteiger partial charge >= 0.3 is 0 Å². The molecule has 0 spiro atoms. The van der Waals surface area contributed by atoms with Gasteiger partial charge in [0.15, 0.2) is 0 Å². The molecule has 3 fully saturated rings. The van der Waals surface area contributed by atoms with Gasteiger partial charge in [-0.1, -0.05) is 19.9 Å². The van der Waals surface area contributed by atoms with Crippen molar-refractivity contribution in [3.8, 4) is 5.75 Å². The number of aromatic nitrogens is 1. The largest absolute Gasteiger partial charge is 0.496 e. The van der Waals surface area contributed by atoms with Crippen LogP contribution in [0.15, 0.2) is 24.3 Å². The van der Waals surface area contributed by atoms with Crippen molar-refractivity contribution < 1.29 is 24.2 Å². The monoisotopic (exact) mass is 483 g/mol. The summed E-state index contributed by atoms with van der Waals surface area (Å²) in [6, 6.07) is 5.83. The van der Waals surface area contributed by atoms with Crippen LogP contribution in [0.1, 0.15) is 37.2 Å². The van der Waals surface area contributed by atoms with Gasteiger partial charge in [-0.05, 0) is 48.3 Å². The van der Waals surface area contributed by atoms with Crippen molar-refractivity contribution in [1.29, 1.82) is 0 Å². The van der Waals surface area contributed by atoms with Crippen LogP contribution in [0.25, 0.3) is 10.9 Å². The number of rotatable bonds is 7. The molecule has 2 saturated heterocycles. The zero-order valence-corrected chi connectivity index (χ0v) is 20.2. The van der Waals surface area contributed by atoms with Gasteiger partial charge < -0.3 is 36.1 Å². The number of aliphatic hydroxyl groups is 1. The topological polar surface area (TPSA) is 150 Å². The second-order valence-electron chi connectivity index (χ2n) is 10.6. The van der Waals surface area contributed by atoms with Crippen molar-refractivity contribution in [1.82, 2.24) is 20.5 Å². The Kier molecular flexibility index (Phi) is 5.76. The highest BCUT2D eigenvalue weighted by atomic mass is 16.5. The lowest BCUT2D eigenvalue weighted by molar-refractivity contribution is -0.129. The number of aliphatic hydroxyl groups excluding tert-OH is 1. The van der Waals surface area contributed by atoms with E-state index < -0.39 is 18.3 Å². The van der Waals surface area contributed by atoms with E-state index in [1.54, 1.807) is 18.1 Å². The van der Waals surface area contributed by atoms with Crippen molar-refractivity contribution in [2.75, 3.05) is 20.2 Å². The van der Waals surface area contributed by atoms with Gasteiger partial charge in [-0.25, -0.2) is 0 Å². The number of H-pyrrole nitrogens is 1. The Balaban J connectivity index is 1.38. The maximum absolute atomic E-state index is 13.6. The summed E-state index contributed by atoms with van der Waals surface area (Å²) in [6.07, 6.45) is -0.440. The molecule has 35 heavy (non-hydrogen) atoms. The highest BCUT2D eigenvalue weighted by Gasteiger charge is 2.69. The number of hydrogen-bond acceptors (Lipinski definition) is 6. The van der Waals surface area contributed by atoms with Gasteiger partial charge in [0, 0.05) is 29.9 Å². The molecule has 1 aliphatic carbocycles. The summed E-state index contributed by atoms with van der Waals surface area (Å²) < 4.78 is 5.41. The third kappa shape index (κ3) is 3.94. The van der Waals surface area contributed by atoms with Crippen LogP contribution in [0, 0.1) is 23.2 Å². The smallest absolute Gasteiger partial charge is 0.271 e. The number of aromatic amines is 1. The molecule has 3 aliphatic rings. The minimum atomic E-state index is -1.32. The summed E-state index contributed by atoms with van der Waals surface area (Å²) in [5, 5.41) is 16.6. The van der Waals surface area contributed by atoms with Crippen LogP contribution < -0.4 is 21.1 Å². The number of nitrogens with one attached hydrogen (secondary N) is 3. The van der Waals surface area contributed by atoms with Crippen molar-refractivity contribution in [2.45, 2.75) is 45.0 Å². The molecular weight excluding hydrogens is 450 g/mol. The summed E-state index contributed by atoms with van der Waals surface area (Å²) in [5.41, 5.74) is 6.87. The van der Waals surface area contributed by atoms with Crippen molar-refractivity contribution in [3.63, 3.8) is 0 Å². The van der Waals surface area contributed by atoms with Crippen LogP contribution in [0.4, 0.5) is 0 Å². The third-order valence-corrected chi connectivity index (χ3v) is 8.25. The lowest BCUT2D eigenvalue weighted by atomic mass is 9.96. The van der Waals surface area contributed by atoms with E-state index in [1.807, 2.05) is 18.2 Å². The van der Waals surface area contributed by atoms with E-state index in [-0.39, 0.29) is 47.3 Å². The zero-order valence-electron chi connectivity index (χ0n) is 20.2. The fourth-order valence-corrected chi connectivity index (χ4v) is 6.10. The molecule has 3 amide bonds. The number of hydrogen-bond donors (Lipinski definition) is 5. The predicted octanol–water partition coefficient (Wildman–Crippen LogP) is 0.561. The molecule has 1 unspecified atom stereocenters. The van der Waals surface area contributed by atoms with Gasteiger partial charge in [0.2, 0.25) is 11.8 Å². The van der Waals surface area contributed by atoms with Gasteiger partial charge in [0.1, 0.15) is 23.7 Å². The lowest BCUT2D eigenvalue weighted by Crippen LogP contribution is -2.56. The number of nitrogens with zero attached hydrogens (tertiary/aromatic N) is 1. The molecule has 10 heteroatoms. The molecule has 3 heterocycles. The average molecular weight is 484 g/mol. The fourth-order valence-electron chi connectivity index (χ4n) is 6.10. The molecule has 188 valence electrons. The molecule has 1 saturated carbocycles. The maximum atomic E-state index is 13.6. The van der Waals surface area contributed by atoms with Crippen molar-refractivity contribution >= 4 is 28.6 Å². The van der Waals surface area contributed by atoms with Crippen LogP contribution in [0.5, 0.6) is 5.75 Å². The number of fused-ring (bicyclic) bond motifs is 2. The van der Waals surface area contributed by atoms with Crippen molar-refractivity contribution in [3.05, 3.63) is 30.0 Å². The van der Waals surface area contributed by atoms with Crippen LogP contribution in [0.3, 0.4) is 0 Å². The highest BCUT2D eigenvalue weighted by molar-refractivity contribution is 6.02. The molecule has 5 rings (SSSR count). The molecule has 6 atom stereocenters. The van der Waals surface area contributed by atoms with Crippen molar-refractivity contribution in [2.24, 2.45) is 28.9 Å². The number of carbonyl (C=O) groups is 3. The van der Waals surface area contributed by atoms with E-state index in [0.29, 0.717) is 31.0 Å². The number of likely N-dealkylation sites (tertiary alicyclic amines) is 1. The minimum Gasteiger partial charge on any atom is -0.496 e. The number of piperidine rings is 1. The molecule has 10 nitrogen and oxygen atoms in total. The summed E-state index contributed by atoms with van der Waals surface area (Å²) >= 11 is 0. The Morgan fingerprint density at radius 1 is 1.37 bits per heavy atom. The number of ether oxygens (including phenoxy) is 1. The van der Waals surface area contributed by atoms with Crippen LogP contribution >= 0.6 is 0 Å². The van der Waals surface area contributed by atoms with E-state index in [4.69, 9.17) is 10.5 Å². The normalized spacial score (nSPS) is 28.4. The number of amides is 3. The number of nitrogens with two attached hydrogens (primary N) is 1. The van der Waals surface area contributed by atoms with Gasteiger partial charge in [0.25, 0.3) is 5.91 Å². The van der Waals surface area contributed by atoms with Crippen LogP contribution in [-0.4, -0.2) is 71.2 Å². The van der Waals surface area contributed by atoms with Gasteiger partial charge in [0.05, 0.1) is 13.2 Å². The molecule has 0 bridgehead atoms. The second kappa shape index (κ2) is 8.53. The standard InChI is InChI=1S/C25H33N5O5/c1-25(2)14-11-30(24(34)17-10-13-15(28-17)5-4-6-18(13)35-3)20(19(14)25)23(33)29-16(21(26)31)9-12-7-8-27-22(12)32/h4-6,10,12,14,16,19-21,28,31H,7-9,11,26H2,1-3H3,(H,27,32)(H,29,33)/t12-,14-,16-,19-,20-,21?/m0/s1. The Bertz CT molecular complexity index is 1170. The first kappa shape index (κ1) is 23.6. The van der Waals surface area contributed by atoms with E-state index in [9.17, 15) is 19.5 Å². The Morgan fingerprint density at radius 3 is 2.80 bits per heavy atom. The molecule has 6 N–H and O–H groups in total. The first-order valence-corrected chi connectivity index (χ1v) is 12.1. The molecule has 1 aromatic heterocycles. The predicted molar refractivity (Wildman–Crippen MR) is 128 cm³/mol. The number of carbonyl (C=O) groups excluding carboxylic acids is 3. The van der Waals surface area contributed by atoms with Crippen LogP contribution in [0.2, 0.25) is 0 Å². The minimum absolute atomic E-state index is 0.00992. The maximum Gasteiger partial charge on any atom is 0.271 e. The first-order chi connectivity index (χ1) is 16.6. The Labute approximate surface area is 203 Å². The van der Waals surface area contributed by atoms with E-state index in [1.165, 1.54) is 0 Å². The SMILES string of the molecule is COc1cccc2[nH]c(C(=O)N3C[C@H]4[C@@H]([C@H]3C(=O)N[C@@H](C[C@@H]3CCNC3=O)C(N)O)C4(C)C)cc12. The van der Waals surface area contributed by atoms with Gasteiger partial charge in [-0.2, -0.15) is 0 Å². The lowest BCUT2D eigenvalue weighted by Gasteiger charge is -2.32. The fraction of sp³-hybridized carbons (Fsp3) is 0.560. The van der Waals surface area contributed by atoms with E-state index >= 15 is 0 Å². The summed E-state index contributed by atoms with van der Waals surface area (Å²) in [5.74, 6) is -0.136. The van der Waals surface area contributed by atoms with E-state index in [0.717, 1.165) is 10.9 Å². The van der Waals surface area contributed by atoms with E-state index in [2.05, 4.69) is 29.5 Å². The molecule has 2 aromatic rings. The summed E-state index contributed by atoms with van der Waals surface area (Å²) in [6.45, 7) is 5.26. The second-order valence-corrected chi connectivity index (χ2v) is 10.6. The number of benzene rings is 1. The van der Waals surface area contributed by atoms with Gasteiger partial charge in [-0.3, -0.25) is 14.4 Å². The zero-order chi connectivity index (χ0) is 25.1. The Morgan fingerprint density at radius 2 is 2.14 bits per heavy atom. The molecule has 2 aliphatic heterocycles. The first-order valence-electron chi connectivity index (χ1n) is 12.1. The summed E-state index contributed by atoms with van der Waals surface area (Å²) in [7, 11) is 1.58. The van der Waals surface area contributed by atoms with Crippen LogP contribution in [-0.2, 0) is 9.59 Å². The summed E-state index contributed by atoms with van der Waals surface area (Å²) in [4.78, 5) is 44.0. The number of methoxy groups -OCH3 is 1. The Hall–Kier alpha value is -3.11. The quantitative estimate of drug-likeness (QED) is 0.363. The highest BCUT2D eigenvalue weighted by Crippen LogP contribution is 2.65. The average Bonchev–Trinajstić information content (AvgIpc) is 3.33.